The maximum absolute atomic E-state index is 5.31. The molecule has 0 aliphatic heterocycles. The first-order chi connectivity index (χ1) is 4.33. The Balaban J connectivity index is 2.72. The van der Waals surface area contributed by atoms with Crippen molar-refractivity contribution < 1.29 is 0 Å². The highest BCUT2D eigenvalue weighted by atomic mass is 15.0. The number of hydrogen-bond acceptors (Lipinski definition) is 2. The maximum Gasteiger partial charge on any atom is 0.197 e. The first kappa shape index (κ1) is 5.88. The number of nitrogens with zero attached hydrogens (tertiary/aromatic N) is 1. The van der Waals surface area contributed by atoms with E-state index < -0.39 is 0 Å². The van der Waals surface area contributed by atoms with E-state index in [2.05, 4.69) is 16.5 Å². The molecule has 1 aromatic rings. The monoisotopic (exact) mass is 123 g/mol. The number of aromatic nitrogens is 2. The van der Waals surface area contributed by atoms with E-state index in [4.69, 9.17) is 5.73 Å². The van der Waals surface area contributed by atoms with Crippen LogP contribution in [0.4, 0.5) is 5.95 Å². The third-order valence-electron chi connectivity index (χ3n) is 1.00. The van der Waals surface area contributed by atoms with Crippen molar-refractivity contribution in [1.82, 2.24) is 9.97 Å². The summed E-state index contributed by atoms with van der Waals surface area (Å²) in [7, 11) is 0. The predicted octanol–water partition coefficient (Wildman–Crippen LogP) is 0.720. The van der Waals surface area contributed by atoms with Crippen molar-refractivity contribution in [2.24, 2.45) is 0 Å². The highest BCUT2D eigenvalue weighted by Crippen LogP contribution is 1.97. The van der Waals surface area contributed by atoms with Gasteiger partial charge in [-0.05, 0) is 0 Å². The van der Waals surface area contributed by atoms with Crippen LogP contribution in [0.1, 0.15) is 5.69 Å². The predicted molar refractivity (Wildman–Crippen MR) is 36.9 cm³/mol. The largest absolute Gasteiger partial charge is 0.369 e. The fourth-order valence-corrected chi connectivity index (χ4v) is 0.629. The minimum atomic E-state index is 0.465. The molecule has 0 atom stereocenters. The van der Waals surface area contributed by atoms with Gasteiger partial charge in [0.2, 0.25) is 0 Å². The molecule has 0 amide bonds. The summed E-state index contributed by atoms with van der Waals surface area (Å²) in [6, 6.07) is 0. The van der Waals surface area contributed by atoms with Crippen LogP contribution in [-0.2, 0) is 6.42 Å². The van der Waals surface area contributed by atoms with Gasteiger partial charge in [-0.3, -0.25) is 0 Å². The van der Waals surface area contributed by atoms with Crippen LogP contribution in [0.25, 0.3) is 0 Å². The molecule has 1 heterocycles. The van der Waals surface area contributed by atoms with Crippen molar-refractivity contribution in [3.63, 3.8) is 0 Å². The van der Waals surface area contributed by atoms with Gasteiger partial charge in [0.25, 0.3) is 0 Å². The summed E-state index contributed by atoms with van der Waals surface area (Å²) < 4.78 is 0. The van der Waals surface area contributed by atoms with Crippen LogP contribution in [0.3, 0.4) is 0 Å². The zero-order valence-corrected chi connectivity index (χ0v) is 5.09. The van der Waals surface area contributed by atoms with Gasteiger partial charge in [-0.25, -0.2) is 4.98 Å². The van der Waals surface area contributed by atoms with Crippen LogP contribution < -0.4 is 5.73 Å². The molecular weight excluding hydrogens is 114 g/mol. The number of nitrogens with two attached hydrogens (primary N) is 1. The van der Waals surface area contributed by atoms with Crippen LogP contribution >= 0.6 is 0 Å². The average Bonchev–Trinajstić information content (AvgIpc) is 2.17. The maximum atomic E-state index is 5.31. The lowest BCUT2D eigenvalue weighted by Gasteiger charge is -1.81. The number of rotatable bonds is 2. The first-order valence-corrected chi connectivity index (χ1v) is 2.73. The normalized spacial score (nSPS) is 9.33. The van der Waals surface area contributed by atoms with Crippen LogP contribution in [0.15, 0.2) is 18.9 Å². The topological polar surface area (TPSA) is 54.7 Å². The quantitative estimate of drug-likeness (QED) is 0.569. The van der Waals surface area contributed by atoms with Gasteiger partial charge in [-0.2, -0.15) is 0 Å². The second kappa shape index (κ2) is 2.35. The molecule has 3 N–H and O–H groups in total. The van der Waals surface area contributed by atoms with E-state index in [-0.39, 0.29) is 0 Å². The Bertz CT molecular complexity index is 202. The molecule has 3 heteroatoms. The standard InChI is InChI=1S/C6H9N3/c1-2-3-5-4-8-6(7)9-5/h2,4H,1,3H2,(H3,7,8,9). The van der Waals surface area contributed by atoms with Gasteiger partial charge in [0.15, 0.2) is 5.95 Å². The molecule has 0 aliphatic rings. The summed E-state index contributed by atoms with van der Waals surface area (Å²) in [5.74, 6) is 0.465. The van der Waals surface area contributed by atoms with Gasteiger partial charge >= 0.3 is 0 Å². The highest BCUT2D eigenvalue weighted by molar-refractivity contribution is 5.19. The van der Waals surface area contributed by atoms with E-state index in [0.29, 0.717) is 5.95 Å². The second-order valence-electron chi connectivity index (χ2n) is 1.77. The zero-order chi connectivity index (χ0) is 6.69. The molecular formula is C6H9N3. The molecule has 0 aliphatic carbocycles. The lowest BCUT2D eigenvalue weighted by Crippen LogP contribution is -1.86. The van der Waals surface area contributed by atoms with Crippen molar-refractivity contribution in [2.45, 2.75) is 6.42 Å². The van der Waals surface area contributed by atoms with Crippen LogP contribution in [0, 0.1) is 0 Å². The Hall–Kier alpha value is -1.25. The van der Waals surface area contributed by atoms with Crippen molar-refractivity contribution in [3.8, 4) is 0 Å². The minimum Gasteiger partial charge on any atom is -0.369 e. The Labute approximate surface area is 53.6 Å². The summed E-state index contributed by atoms with van der Waals surface area (Å²) in [5, 5.41) is 0. The van der Waals surface area contributed by atoms with E-state index in [9.17, 15) is 0 Å². The molecule has 9 heavy (non-hydrogen) atoms. The van der Waals surface area contributed by atoms with Crippen LogP contribution in [0.5, 0.6) is 0 Å². The van der Waals surface area contributed by atoms with Crippen LogP contribution in [0.2, 0.25) is 0 Å². The Kier molecular flexibility index (Phi) is 1.53. The number of nitrogen functional groups attached to an aromatic ring is 1. The second-order valence-corrected chi connectivity index (χ2v) is 1.77. The molecule has 1 rings (SSSR count). The summed E-state index contributed by atoms with van der Waals surface area (Å²) in [6.07, 6.45) is 4.33. The third kappa shape index (κ3) is 1.32. The van der Waals surface area contributed by atoms with E-state index in [1.165, 1.54) is 0 Å². The Morgan fingerprint density at radius 3 is 3.11 bits per heavy atom. The molecule has 0 bridgehead atoms. The number of imidazole rings is 1. The number of hydrogen-bond donors (Lipinski definition) is 2. The smallest absolute Gasteiger partial charge is 0.197 e. The number of nitrogens with one attached hydrogen (secondary N) is 1. The van der Waals surface area contributed by atoms with Gasteiger partial charge < -0.3 is 10.7 Å². The van der Waals surface area contributed by atoms with E-state index in [0.717, 1.165) is 12.1 Å². The molecule has 0 saturated carbocycles. The molecule has 1 aromatic heterocycles. The molecule has 0 fully saturated rings. The van der Waals surface area contributed by atoms with Gasteiger partial charge in [0, 0.05) is 12.6 Å². The zero-order valence-electron chi connectivity index (χ0n) is 5.09. The average molecular weight is 123 g/mol. The summed E-state index contributed by atoms with van der Waals surface area (Å²) in [6.45, 7) is 3.57. The number of H-pyrrole nitrogens is 1. The minimum absolute atomic E-state index is 0.465. The number of anilines is 1. The lowest BCUT2D eigenvalue weighted by atomic mass is 10.3. The first-order valence-electron chi connectivity index (χ1n) is 2.73. The van der Waals surface area contributed by atoms with Gasteiger partial charge in [0.1, 0.15) is 0 Å². The SMILES string of the molecule is C=CCc1c[nH]c(N)n1. The third-order valence-corrected chi connectivity index (χ3v) is 1.00. The van der Waals surface area contributed by atoms with Crippen molar-refractivity contribution in [3.05, 3.63) is 24.5 Å². The van der Waals surface area contributed by atoms with E-state index in [1.807, 2.05) is 0 Å². The fourth-order valence-electron chi connectivity index (χ4n) is 0.629. The molecule has 3 nitrogen and oxygen atoms in total. The molecule has 0 saturated heterocycles. The summed E-state index contributed by atoms with van der Waals surface area (Å²) in [4.78, 5) is 6.72. The highest BCUT2D eigenvalue weighted by Gasteiger charge is 1.91. The van der Waals surface area contributed by atoms with Crippen molar-refractivity contribution >= 4 is 5.95 Å². The van der Waals surface area contributed by atoms with Gasteiger partial charge in [-0.1, -0.05) is 6.08 Å². The molecule has 0 spiro atoms. The Morgan fingerprint density at radius 1 is 1.89 bits per heavy atom. The molecule has 0 radical (unpaired) electrons. The van der Waals surface area contributed by atoms with Crippen molar-refractivity contribution in [1.29, 1.82) is 0 Å². The molecule has 48 valence electrons. The van der Waals surface area contributed by atoms with Gasteiger partial charge in [-0.15, -0.1) is 6.58 Å². The Morgan fingerprint density at radius 2 is 2.67 bits per heavy atom. The van der Waals surface area contributed by atoms with Gasteiger partial charge in [0.05, 0.1) is 5.69 Å². The van der Waals surface area contributed by atoms with E-state index >= 15 is 0 Å². The summed E-state index contributed by atoms with van der Waals surface area (Å²) >= 11 is 0. The fraction of sp³-hybridized carbons (Fsp3) is 0.167. The van der Waals surface area contributed by atoms with E-state index in [1.54, 1.807) is 12.3 Å². The molecule has 0 unspecified atom stereocenters. The van der Waals surface area contributed by atoms with Crippen LogP contribution in [-0.4, -0.2) is 9.97 Å². The van der Waals surface area contributed by atoms with Crippen molar-refractivity contribution in [2.75, 3.05) is 5.73 Å². The summed E-state index contributed by atoms with van der Waals surface area (Å²) in [5.41, 5.74) is 6.24. The number of allylic oxidation sites excluding steroid dienone is 1. The lowest BCUT2D eigenvalue weighted by molar-refractivity contribution is 1.16. The molecule has 0 aromatic carbocycles. The number of aromatic amines is 1.